The van der Waals surface area contributed by atoms with Crippen molar-refractivity contribution in [1.29, 1.82) is 0 Å². The molecule has 214 valence electrons. The summed E-state index contributed by atoms with van der Waals surface area (Å²) in [5, 5.41) is 10.5. The molecule has 8 atom stereocenters. The number of Topliss-reactive ketones (excluding diaryl/α,β-unsaturated/α-hetero) is 2. The Morgan fingerprint density at radius 2 is 1.67 bits per heavy atom. The summed E-state index contributed by atoms with van der Waals surface area (Å²) in [7, 11) is 1.46. The molecule has 4 fully saturated rings. The molecule has 0 unspecified atom stereocenters. The van der Waals surface area contributed by atoms with E-state index in [2.05, 4.69) is 27.7 Å². The molecule has 0 saturated heterocycles. The maximum atomic E-state index is 14.5. The van der Waals surface area contributed by atoms with E-state index in [-0.39, 0.29) is 34.9 Å². The highest BCUT2D eigenvalue weighted by Crippen LogP contribution is 2.75. The van der Waals surface area contributed by atoms with E-state index in [9.17, 15) is 24.3 Å². The van der Waals surface area contributed by atoms with Gasteiger partial charge < -0.3 is 9.84 Å². The molecule has 0 radical (unpaired) electrons. The van der Waals surface area contributed by atoms with Crippen LogP contribution >= 0.6 is 0 Å². The molecule has 5 rings (SSSR count). The summed E-state index contributed by atoms with van der Waals surface area (Å²) in [5.74, 6) is -1.93. The number of ketones is 3. The van der Waals surface area contributed by atoms with Crippen LogP contribution in [-0.4, -0.2) is 42.1 Å². The molecule has 6 nitrogen and oxygen atoms in total. The minimum Gasteiger partial charge on any atom is -0.469 e. The first kappa shape index (κ1) is 28.4. The van der Waals surface area contributed by atoms with Gasteiger partial charge in [-0.2, -0.15) is 0 Å². The highest BCUT2D eigenvalue weighted by Gasteiger charge is 2.72. The second-order valence-electron chi connectivity index (χ2n) is 15.0. The predicted molar refractivity (Wildman–Crippen MR) is 147 cm³/mol. The average Bonchev–Trinajstić information content (AvgIpc) is 2.88. The molecule has 1 N–H and O–H groups in total. The van der Waals surface area contributed by atoms with E-state index in [0.717, 1.165) is 37.7 Å². The number of rotatable bonds is 2. The minimum atomic E-state index is -1.19. The van der Waals surface area contributed by atoms with Gasteiger partial charge in [0.2, 0.25) is 11.6 Å². The van der Waals surface area contributed by atoms with E-state index in [1.807, 2.05) is 6.92 Å². The van der Waals surface area contributed by atoms with E-state index in [1.165, 1.54) is 7.11 Å². The molecule has 0 aliphatic heterocycles. The number of hydrogen-bond acceptors (Lipinski definition) is 6. The second-order valence-corrected chi connectivity index (χ2v) is 15.0. The van der Waals surface area contributed by atoms with Crippen molar-refractivity contribution in [2.45, 2.75) is 93.4 Å². The number of aliphatic hydroxyl groups is 1. The Kier molecular flexibility index (Phi) is 6.18. The smallest absolute Gasteiger partial charge is 0.312 e. The standard InChI is InChI=1S/C33H46O6/c1-9-19-25(36)26(37)29(4,18-34)22-10-11-30(5)23(32(19,22)7)16-21(35)24-20-17-28(2,3)12-14-33(20,27(38)39-8)15-13-31(24,30)6/h9,16,20,22,24,34H,10-15,17-18H2,1-8H3/b19-9+/t20-,22-,24-,29+,30+,31+,32-,33-/m0/s1. The fourth-order valence-corrected chi connectivity index (χ4v) is 10.6. The third-order valence-electron chi connectivity index (χ3n) is 13.1. The van der Waals surface area contributed by atoms with Crippen LogP contribution in [0.3, 0.4) is 0 Å². The molecule has 0 spiro atoms. The number of carbonyl (C=O) groups excluding carboxylic acids is 4. The van der Waals surface area contributed by atoms with Crippen LogP contribution in [0.4, 0.5) is 0 Å². The highest BCUT2D eigenvalue weighted by atomic mass is 16.5. The van der Waals surface area contributed by atoms with E-state index in [1.54, 1.807) is 26.0 Å². The Morgan fingerprint density at radius 1 is 1.03 bits per heavy atom. The van der Waals surface area contributed by atoms with Gasteiger partial charge in [-0.15, -0.1) is 0 Å². The van der Waals surface area contributed by atoms with Crippen LogP contribution in [0, 0.1) is 50.2 Å². The molecule has 5 aliphatic carbocycles. The first-order valence-electron chi connectivity index (χ1n) is 14.8. The van der Waals surface area contributed by atoms with Crippen molar-refractivity contribution in [2.75, 3.05) is 13.7 Å². The molecular weight excluding hydrogens is 492 g/mol. The van der Waals surface area contributed by atoms with Crippen molar-refractivity contribution in [3.05, 3.63) is 23.3 Å². The number of allylic oxidation sites excluding steroid dienone is 4. The number of esters is 1. The zero-order valence-corrected chi connectivity index (χ0v) is 25.0. The van der Waals surface area contributed by atoms with Gasteiger partial charge in [0.05, 0.1) is 24.5 Å². The third-order valence-corrected chi connectivity index (χ3v) is 13.1. The lowest BCUT2D eigenvalue weighted by molar-refractivity contribution is -0.192. The summed E-state index contributed by atoms with van der Waals surface area (Å²) >= 11 is 0. The lowest BCUT2D eigenvalue weighted by atomic mass is 9.33. The van der Waals surface area contributed by atoms with E-state index >= 15 is 0 Å². The molecule has 0 aromatic rings. The summed E-state index contributed by atoms with van der Waals surface area (Å²) in [6.07, 6.45) is 8.85. The normalized spacial score (nSPS) is 47.9. The van der Waals surface area contributed by atoms with Crippen LogP contribution in [0.1, 0.15) is 93.4 Å². The largest absolute Gasteiger partial charge is 0.469 e. The van der Waals surface area contributed by atoms with Gasteiger partial charge in [-0.1, -0.05) is 40.7 Å². The molecular formula is C33H46O6. The van der Waals surface area contributed by atoms with Gasteiger partial charge >= 0.3 is 5.97 Å². The molecule has 0 aromatic heterocycles. The van der Waals surface area contributed by atoms with E-state index in [0.29, 0.717) is 18.4 Å². The molecule has 0 heterocycles. The van der Waals surface area contributed by atoms with Gasteiger partial charge in [-0.05, 0) is 98.5 Å². The maximum Gasteiger partial charge on any atom is 0.312 e. The van der Waals surface area contributed by atoms with Gasteiger partial charge in [0.15, 0.2) is 5.78 Å². The van der Waals surface area contributed by atoms with Crippen molar-refractivity contribution < 1.29 is 29.0 Å². The Bertz CT molecular complexity index is 1220. The number of methoxy groups -OCH3 is 1. The van der Waals surface area contributed by atoms with E-state index in [4.69, 9.17) is 4.74 Å². The van der Waals surface area contributed by atoms with Gasteiger partial charge in [-0.3, -0.25) is 19.2 Å². The van der Waals surface area contributed by atoms with Crippen LogP contribution in [0.2, 0.25) is 0 Å². The Hall–Kier alpha value is -2.08. The quantitative estimate of drug-likeness (QED) is 0.287. The number of fused-ring (bicyclic) bond motifs is 7. The van der Waals surface area contributed by atoms with Gasteiger partial charge in [0, 0.05) is 16.9 Å². The molecule has 0 aromatic carbocycles. The summed E-state index contributed by atoms with van der Waals surface area (Å²) in [4.78, 5) is 54.8. The van der Waals surface area contributed by atoms with Gasteiger partial charge in [-0.25, -0.2) is 0 Å². The maximum absolute atomic E-state index is 14.5. The van der Waals surface area contributed by atoms with Crippen LogP contribution < -0.4 is 0 Å². The summed E-state index contributed by atoms with van der Waals surface area (Å²) in [6.45, 7) is 14.1. The molecule has 4 saturated carbocycles. The second kappa shape index (κ2) is 8.47. The van der Waals surface area contributed by atoms with Crippen LogP contribution in [0.5, 0.6) is 0 Å². The number of aliphatic hydroxyl groups excluding tert-OH is 1. The average molecular weight is 539 g/mol. The van der Waals surface area contributed by atoms with Gasteiger partial charge in [0.25, 0.3) is 0 Å². The molecule has 0 amide bonds. The van der Waals surface area contributed by atoms with Crippen LogP contribution in [0.15, 0.2) is 23.3 Å². The van der Waals surface area contributed by atoms with Crippen molar-refractivity contribution in [2.24, 2.45) is 50.2 Å². The Balaban J connectivity index is 1.73. The Morgan fingerprint density at radius 3 is 2.26 bits per heavy atom. The van der Waals surface area contributed by atoms with E-state index < -0.39 is 45.2 Å². The molecule has 5 aliphatic rings. The van der Waals surface area contributed by atoms with Crippen molar-refractivity contribution in [3.63, 3.8) is 0 Å². The molecule has 39 heavy (non-hydrogen) atoms. The fourth-order valence-electron chi connectivity index (χ4n) is 10.6. The molecule has 0 bridgehead atoms. The minimum absolute atomic E-state index is 0.0203. The highest BCUT2D eigenvalue weighted by molar-refractivity contribution is 6.46. The summed E-state index contributed by atoms with van der Waals surface area (Å²) in [5.41, 5.74) is -2.10. The topological polar surface area (TPSA) is 97.7 Å². The van der Waals surface area contributed by atoms with Crippen molar-refractivity contribution >= 4 is 23.3 Å². The number of ether oxygens (including phenoxy) is 1. The third kappa shape index (κ3) is 3.24. The van der Waals surface area contributed by atoms with Crippen LogP contribution in [-0.2, 0) is 23.9 Å². The lowest BCUT2D eigenvalue weighted by Gasteiger charge is -2.69. The fraction of sp³-hybridized carbons (Fsp3) is 0.758. The van der Waals surface area contributed by atoms with Crippen molar-refractivity contribution in [3.8, 4) is 0 Å². The number of carbonyl (C=O) groups is 4. The molecule has 6 heteroatoms. The Labute approximate surface area is 233 Å². The van der Waals surface area contributed by atoms with Crippen LogP contribution in [0.25, 0.3) is 0 Å². The lowest BCUT2D eigenvalue weighted by Crippen LogP contribution is -2.67. The first-order valence-corrected chi connectivity index (χ1v) is 14.8. The monoisotopic (exact) mass is 538 g/mol. The predicted octanol–water partition coefficient (Wildman–Crippen LogP) is 5.42. The summed E-state index contributed by atoms with van der Waals surface area (Å²) in [6, 6.07) is 0. The summed E-state index contributed by atoms with van der Waals surface area (Å²) < 4.78 is 5.40. The number of hydrogen-bond donors (Lipinski definition) is 1. The first-order chi connectivity index (χ1) is 18.0. The van der Waals surface area contributed by atoms with Gasteiger partial charge in [0.1, 0.15) is 0 Å². The zero-order valence-electron chi connectivity index (χ0n) is 25.0. The zero-order chi connectivity index (χ0) is 29.0. The SMILES string of the molecule is C/C=C1\C(=O)C(=O)[C@](C)(CO)[C@@H]2CC[C@]3(C)C(=CC(=O)[C@@H]4[C@@H]5CC(C)(C)CC[C@]5(C(=O)OC)CC[C@]43C)[C@@]12C. The van der Waals surface area contributed by atoms with Crippen molar-refractivity contribution in [1.82, 2.24) is 0 Å².